The highest BCUT2D eigenvalue weighted by Gasteiger charge is 2.35. The van der Waals surface area contributed by atoms with Gasteiger partial charge in [-0.25, -0.2) is 8.42 Å². The van der Waals surface area contributed by atoms with Crippen molar-refractivity contribution in [1.29, 1.82) is 0 Å². The summed E-state index contributed by atoms with van der Waals surface area (Å²) in [4.78, 5) is 12.0. The second-order valence-corrected chi connectivity index (χ2v) is 7.01. The quantitative estimate of drug-likeness (QED) is 0.769. The molecule has 0 unspecified atom stereocenters. The van der Waals surface area contributed by atoms with Crippen LogP contribution in [0.25, 0.3) is 0 Å². The van der Waals surface area contributed by atoms with Crippen LogP contribution in [0, 0.1) is 5.92 Å². The standard InChI is InChI=1S/C15H21NO5S/c1-3-21-15(17)12-7-6-10-16(11-12)22(18,19)14-9-5-4-8-13(14)20-2/h4-5,8-9,12H,3,6-7,10-11H2,1-2H3/t12-/m1/s1. The molecule has 0 aromatic heterocycles. The molecule has 122 valence electrons. The highest BCUT2D eigenvalue weighted by atomic mass is 32.2. The number of carbonyl (C=O) groups excluding carboxylic acids is 1. The van der Waals surface area contributed by atoms with E-state index in [1.807, 2.05) is 0 Å². The monoisotopic (exact) mass is 327 g/mol. The van der Waals surface area contributed by atoms with Gasteiger partial charge in [0.1, 0.15) is 10.6 Å². The zero-order chi connectivity index (χ0) is 16.2. The van der Waals surface area contributed by atoms with E-state index in [1.165, 1.54) is 17.5 Å². The highest BCUT2D eigenvalue weighted by molar-refractivity contribution is 7.89. The summed E-state index contributed by atoms with van der Waals surface area (Å²) in [6.07, 6.45) is 1.29. The number of sulfonamides is 1. The fraction of sp³-hybridized carbons (Fsp3) is 0.533. The van der Waals surface area contributed by atoms with E-state index in [0.29, 0.717) is 31.7 Å². The molecule has 6 nitrogen and oxygen atoms in total. The smallest absolute Gasteiger partial charge is 0.310 e. The number of nitrogens with zero attached hydrogens (tertiary/aromatic N) is 1. The van der Waals surface area contributed by atoms with Gasteiger partial charge in [-0.1, -0.05) is 12.1 Å². The van der Waals surface area contributed by atoms with Crippen molar-refractivity contribution in [2.75, 3.05) is 26.8 Å². The maximum atomic E-state index is 12.8. The Bertz CT molecular complexity index is 629. The predicted octanol–water partition coefficient (Wildman–Crippen LogP) is 1.66. The number of benzene rings is 1. The number of hydrogen-bond acceptors (Lipinski definition) is 5. The largest absolute Gasteiger partial charge is 0.495 e. The van der Waals surface area contributed by atoms with Gasteiger partial charge in [0.25, 0.3) is 0 Å². The summed E-state index contributed by atoms with van der Waals surface area (Å²) < 4.78 is 37.1. The first-order valence-corrected chi connectivity index (χ1v) is 8.74. The van der Waals surface area contributed by atoms with Crippen molar-refractivity contribution in [2.24, 2.45) is 5.92 Å². The van der Waals surface area contributed by atoms with Crippen molar-refractivity contribution in [1.82, 2.24) is 4.31 Å². The molecular formula is C15H21NO5S. The van der Waals surface area contributed by atoms with Gasteiger partial charge in [-0.05, 0) is 31.9 Å². The number of piperidine rings is 1. The minimum Gasteiger partial charge on any atom is -0.495 e. The molecule has 0 N–H and O–H groups in total. The summed E-state index contributed by atoms with van der Waals surface area (Å²) in [5.74, 6) is -0.429. The average molecular weight is 327 g/mol. The maximum Gasteiger partial charge on any atom is 0.310 e. The summed E-state index contributed by atoms with van der Waals surface area (Å²) in [5, 5.41) is 0. The van der Waals surface area contributed by atoms with Gasteiger partial charge >= 0.3 is 5.97 Å². The number of rotatable bonds is 5. The third-order valence-electron chi connectivity index (χ3n) is 3.69. The van der Waals surface area contributed by atoms with Gasteiger partial charge in [-0.3, -0.25) is 4.79 Å². The van der Waals surface area contributed by atoms with E-state index < -0.39 is 15.9 Å². The maximum absolute atomic E-state index is 12.8. The van der Waals surface area contributed by atoms with Gasteiger partial charge in [0, 0.05) is 13.1 Å². The fourth-order valence-electron chi connectivity index (χ4n) is 2.58. The lowest BCUT2D eigenvalue weighted by atomic mass is 10.0. The molecule has 0 saturated carbocycles. The second kappa shape index (κ2) is 7.11. The molecule has 0 bridgehead atoms. The first-order valence-electron chi connectivity index (χ1n) is 7.30. The van der Waals surface area contributed by atoms with Crippen molar-refractivity contribution >= 4 is 16.0 Å². The Morgan fingerprint density at radius 1 is 1.36 bits per heavy atom. The lowest BCUT2D eigenvalue weighted by Gasteiger charge is -2.31. The molecule has 1 atom stereocenters. The first kappa shape index (κ1) is 16.8. The molecule has 1 aromatic carbocycles. The minimum atomic E-state index is -3.69. The first-order chi connectivity index (χ1) is 10.5. The predicted molar refractivity (Wildman–Crippen MR) is 81.1 cm³/mol. The Morgan fingerprint density at radius 3 is 2.77 bits per heavy atom. The van der Waals surface area contributed by atoms with Crippen molar-refractivity contribution in [3.05, 3.63) is 24.3 Å². The molecular weight excluding hydrogens is 306 g/mol. The van der Waals surface area contributed by atoms with Gasteiger partial charge in [0.05, 0.1) is 19.6 Å². The summed E-state index contributed by atoms with van der Waals surface area (Å²) in [7, 11) is -2.25. The van der Waals surface area contributed by atoms with Gasteiger partial charge in [-0.15, -0.1) is 0 Å². The molecule has 1 aliphatic heterocycles. The van der Waals surface area contributed by atoms with Crippen molar-refractivity contribution in [3.63, 3.8) is 0 Å². The summed E-state index contributed by atoms with van der Waals surface area (Å²) in [6.45, 7) is 2.59. The number of esters is 1. The van der Waals surface area contributed by atoms with Gasteiger partial charge < -0.3 is 9.47 Å². The van der Waals surface area contributed by atoms with Gasteiger partial charge in [-0.2, -0.15) is 4.31 Å². The Kier molecular flexibility index (Phi) is 5.42. The zero-order valence-corrected chi connectivity index (χ0v) is 13.6. The Balaban J connectivity index is 2.24. The van der Waals surface area contributed by atoms with Crippen molar-refractivity contribution < 1.29 is 22.7 Å². The fourth-order valence-corrected chi connectivity index (χ4v) is 4.26. The van der Waals surface area contributed by atoms with Crippen LogP contribution in [0.3, 0.4) is 0 Å². The van der Waals surface area contributed by atoms with Crippen LogP contribution in [0.1, 0.15) is 19.8 Å². The zero-order valence-electron chi connectivity index (χ0n) is 12.8. The minimum absolute atomic E-state index is 0.127. The van der Waals surface area contributed by atoms with Crippen LogP contribution >= 0.6 is 0 Å². The molecule has 0 radical (unpaired) electrons. The number of carbonyl (C=O) groups is 1. The van der Waals surface area contributed by atoms with Gasteiger partial charge in [0.15, 0.2) is 0 Å². The van der Waals surface area contributed by atoms with Crippen LogP contribution in [-0.4, -0.2) is 45.5 Å². The molecule has 0 spiro atoms. The van der Waals surface area contributed by atoms with E-state index in [1.54, 1.807) is 25.1 Å². The van der Waals surface area contributed by atoms with E-state index in [4.69, 9.17) is 9.47 Å². The Labute approximate surface area is 131 Å². The molecule has 1 fully saturated rings. The van der Waals surface area contributed by atoms with E-state index in [-0.39, 0.29) is 17.4 Å². The molecule has 22 heavy (non-hydrogen) atoms. The SMILES string of the molecule is CCOC(=O)[C@@H]1CCCN(S(=O)(=O)c2ccccc2OC)C1. The van der Waals surface area contributed by atoms with Gasteiger partial charge in [0.2, 0.25) is 10.0 Å². The van der Waals surface area contributed by atoms with Crippen LogP contribution in [-0.2, 0) is 19.6 Å². The van der Waals surface area contributed by atoms with Crippen LogP contribution in [0.4, 0.5) is 0 Å². The molecule has 1 aliphatic rings. The number of methoxy groups -OCH3 is 1. The topological polar surface area (TPSA) is 72.9 Å². The van der Waals surface area contributed by atoms with Crippen LogP contribution < -0.4 is 4.74 Å². The number of hydrogen-bond donors (Lipinski definition) is 0. The Morgan fingerprint density at radius 2 is 2.09 bits per heavy atom. The third kappa shape index (κ3) is 3.41. The normalized spacial score (nSPS) is 19.6. The van der Waals surface area contributed by atoms with Crippen LogP contribution in [0.15, 0.2) is 29.2 Å². The average Bonchev–Trinajstić information content (AvgIpc) is 2.55. The second-order valence-electron chi connectivity index (χ2n) is 5.11. The van der Waals surface area contributed by atoms with Crippen molar-refractivity contribution in [2.45, 2.75) is 24.7 Å². The molecule has 2 rings (SSSR count). The molecule has 0 aliphatic carbocycles. The van der Waals surface area contributed by atoms with E-state index in [2.05, 4.69) is 0 Å². The van der Waals surface area contributed by atoms with E-state index >= 15 is 0 Å². The van der Waals surface area contributed by atoms with Crippen LogP contribution in [0.5, 0.6) is 5.75 Å². The lowest BCUT2D eigenvalue weighted by molar-refractivity contribution is -0.149. The van der Waals surface area contributed by atoms with E-state index in [0.717, 1.165) is 0 Å². The summed E-state index contributed by atoms with van der Waals surface area (Å²) >= 11 is 0. The van der Waals surface area contributed by atoms with Crippen LogP contribution in [0.2, 0.25) is 0 Å². The molecule has 1 heterocycles. The highest BCUT2D eigenvalue weighted by Crippen LogP contribution is 2.29. The molecule has 7 heteroatoms. The Hall–Kier alpha value is -1.60. The lowest BCUT2D eigenvalue weighted by Crippen LogP contribution is -2.42. The van der Waals surface area contributed by atoms with Crippen molar-refractivity contribution in [3.8, 4) is 5.75 Å². The summed E-state index contributed by atoms with van der Waals surface area (Å²) in [5.41, 5.74) is 0. The summed E-state index contributed by atoms with van der Waals surface area (Å²) in [6, 6.07) is 6.50. The van der Waals surface area contributed by atoms with E-state index in [9.17, 15) is 13.2 Å². The third-order valence-corrected chi connectivity index (χ3v) is 5.60. The molecule has 0 amide bonds. The number of ether oxygens (including phenoxy) is 2. The molecule has 1 aromatic rings. The number of para-hydroxylation sites is 1. The molecule has 1 saturated heterocycles.